The monoisotopic (exact) mass is 278 g/mol. The van der Waals surface area contributed by atoms with Crippen LogP contribution in [0, 0.1) is 10.8 Å². The van der Waals surface area contributed by atoms with Crippen LogP contribution in [0.5, 0.6) is 11.5 Å². The normalized spacial score (nSPS) is 12.3. The molecular formula is C18H30O2. The maximum atomic E-state index is 5.79. The minimum absolute atomic E-state index is 0.170. The van der Waals surface area contributed by atoms with Gasteiger partial charge in [0.2, 0.25) is 0 Å². The topological polar surface area (TPSA) is 18.5 Å². The third-order valence-electron chi connectivity index (χ3n) is 2.82. The van der Waals surface area contributed by atoms with Crippen molar-refractivity contribution in [2.45, 2.75) is 54.4 Å². The average Bonchev–Trinajstić information content (AvgIpc) is 2.31. The van der Waals surface area contributed by atoms with Gasteiger partial charge in [-0.05, 0) is 35.8 Å². The number of hydrogen-bond acceptors (Lipinski definition) is 2. The minimum Gasteiger partial charge on any atom is -0.493 e. The lowest BCUT2D eigenvalue weighted by Crippen LogP contribution is -2.16. The molecule has 0 aliphatic carbocycles. The van der Waals surface area contributed by atoms with Crippen molar-refractivity contribution in [3.63, 3.8) is 0 Å². The van der Waals surface area contributed by atoms with Gasteiger partial charge in [0.1, 0.15) is 11.5 Å². The third kappa shape index (κ3) is 8.08. The molecule has 1 aromatic carbocycles. The Morgan fingerprint density at radius 2 is 1.45 bits per heavy atom. The van der Waals surface area contributed by atoms with Crippen molar-refractivity contribution in [1.29, 1.82) is 0 Å². The molecule has 0 amide bonds. The Labute approximate surface area is 124 Å². The quantitative estimate of drug-likeness (QED) is 0.656. The molecule has 0 radical (unpaired) electrons. The fraction of sp³-hybridized carbons (Fsp3) is 0.667. The first-order valence-corrected chi connectivity index (χ1v) is 7.51. The predicted molar refractivity (Wildman–Crippen MR) is 85.6 cm³/mol. The van der Waals surface area contributed by atoms with Crippen molar-refractivity contribution < 1.29 is 9.47 Å². The van der Waals surface area contributed by atoms with Gasteiger partial charge < -0.3 is 9.47 Å². The van der Waals surface area contributed by atoms with E-state index in [2.05, 4.69) is 41.5 Å². The molecule has 0 aliphatic rings. The molecule has 0 bridgehead atoms. The summed E-state index contributed by atoms with van der Waals surface area (Å²) in [6.07, 6.45) is 2.25. The van der Waals surface area contributed by atoms with Crippen LogP contribution in [-0.2, 0) is 0 Å². The first-order chi connectivity index (χ1) is 9.16. The number of rotatable bonds is 6. The van der Waals surface area contributed by atoms with Gasteiger partial charge in [0.15, 0.2) is 0 Å². The summed E-state index contributed by atoms with van der Waals surface area (Å²) >= 11 is 0. The van der Waals surface area contributed by atoms with Gasteiger partial charge in [0.05, 0.1) is 13.2 Å². The maximum Gasteiger partial charge on any atom is 0.123 e. The second-order valence-corrected chi connectivity index (χ2v) is 7.84. The average molecular weight is 278 g/mol. The van der Waals surface area contributed by atoms with Crippen molar-refractivity contribution in [2.24, 2.45) is 10.8 Å². The molecule has 0 fully saturated rings. The molecule has 0 saturated carbocycles. The van der Waals surface area contributed by atoms with Gasteiger partial charge in [-0.1, -0.05) is 47.6 Å². The van der Waals surface area contributed by atoms with Crippen LogP contribution < -0.4 is 9.47 Å². The highest BCUT2D eigenvalue weighted by Gasteiger charge is 2.11. The zero-order chi connectivity index (χ0) is 15.2. The van der Waals surface area contributed by atoms with E-state index in [0.29, 0.717) is 12.0 Å². The Bertz CT molecular complexity index is 397. The molecule has 2 heteroatoms. The zero-order valence-corrected chi connectivity index (χ0v) is 14.0. The number of benzene rings is 1. The van der Waals surface area contributed by atoms with Crippen LogP contribution in [-0.4, -0.2) is 13.2 Å². The van der Waals surface area contributed by atoms with Crippen molar-refractivity contribution in [3.8, 4) is 11.5 Å². The lowest BCUT2D eigenvalue weighted by atomic mass is 9.91. The number of ether oxygens (including phenoxy) is 2. The fourth-order valence-electron chi connectivity index (χ4n) is 1.75. The van der Waals surface area contributed by atoms with Gasteiger partial charge in [-0.2, -0.15) is 0 Å². The Morgan fingerprint density at radius 1 is 0.850 bits per heavy atom. The van der Waals surface area contributed by atoms with Crippen LogP contribution >= 0.6 is 0 Å². The Kier molecular flexibility index (Phi) is 5.91. The van der Waals surface area contributed by atoms with Gasteiger partial charge in [-0.3, -0.25) is 0 Å². The van der Waals surface area contributed by atoms with Crippen LogP contribution in [0.1, 0.15) is 54.4 Å². The summed E-state index contributed by atoms with van der Waals surface area (Å²) < 4.78 is 11.6. The molecule has 20 heavy (non-hydrogen) atoms. The SMILES string of the molecule is CC(C)(C)CCCOc1cccc(OCC(C)(C)C)c1. The van der Waals surface area contributed by atoms with Crippen LogP contribution in [0.2, 0.25) is 0 Å². The maximum absolute atomic E-state index is 5.79. The molecule has 0 saturated heterocycles. The van der Waals surface area contributed by atoms with Crippen LogP contribution in [0.4, 0.5) is 0 Å². The first kappa shape index (κ1) is 16.9. The van der Waals surface area contributed by atoms with Crippen LogP contribution in [0.15, 0.2) is 24.3 Å². The van der Waals surface area contributed by atoms with E-state index in [0.717, 1.165) is 24.5 Å². The highest BCUT2D eigenvalue weighted by atomic mass is 16.5. The van der Waals surface area contributed by atoms with E-state index in [9.17, 15) is 0 Å². The molecule has 0 heterocycles. The molecule has 0 unspecified atom stereocenters. The van der Waals surface area contributed by atoms with E-state index < -0.39 is 0 Å². The fourth-order valence-corrected chi connectivity index (χ4v) is 1.75. The molecule has 0 spiro atoms. The molecule has 0 N–H and O–H groups in total. The van der Waals surface area contributed by atoms with E-state index >= 15 is 0 Å². The van der Waals surface area contributed by atoms with E-state index in [4.69, 9.17) is 9.47 Å². The summed E-state index contributed by atoms with van der Waals surface area (Å²) in [5.41, 5.74) is 0.546. The van der Waals surface area contributed by atoms with Gasteiger partial charge >= 0.3 is 0 Å². The molecule has 0 aliphatic heterocycles. The lowest BCUT2D eigenvalue weighted by Gasteiger charge is -2.19. The lowest BCUT2D eigenvalue weighted by molar-refractivity contribution is 0.196. The molecule has 0 atom stereocenters. The largest absolute Gasteiger partial charge is 0.493 e. The summed E-state index contributed by atoms with van der Waals surface area (Å²) in [7, 11) is 0. The van der Waals surface area contributed by atoms with E-state index in [1.54, 1.807) is 0 Å². The Morgan fingerprint density at radius 3 is 2.00 bits per heavy atom. The summed E-state index contributed by atoms with van der Waals surface area (Å²) in [5.74, 6) is 1.78. The molecular weight excluding hydrogens is 248 g/mol. The highest BCUT2D eigenvalue weighted by Crippen LogP contribution is 2.24. The number of hydrogen-bond donors (Lipinski definition) is 0. The minimum atomic E-state index is 0.170. The van der Waals surface area contributed by atoms with E-state index in [1.807, 2.05) is 24.3 Å². The Balaban J connectivity index is 2.40. The molecule has 1 aromatic rings. The van der Waals surface area contributed by atoms with Crippen molar-refractivity contribution in [1.82, 2.24) is 0 Å². The van der Waals surface area contributed by atoms with Crippen molar-refractivity contribution >= 4 is 0 Å². The third-order valence-corrected chi connectivity index (χ3v) is 2.82. The summed E-state index contributed by atoms with van der Waals surface area (Å²) in [5, 5.41) is 0. The molecule has 2 nitrogen and oxygen atoms in total. The van der Waals surface area contributed by atoms with Gasteiger partial charge in [-0.15, -0.1) is 0 Å². The summed E-state index contributed by atoms with van der Waals surface area (Å²) in [6, 6.07) is 7.93. The van der Waals surface area contributed by atoms with Crippen molar-refractivity contribution in [2.75, 3.05) is 13.2 Å². The molecule has 0 aromatic heterocycles. The van der Waals surface area contributed by atoms with Gasteiger partial charge in [0, 0.05) is 6.07 Å². The van der Waals surface area contributed by atoms with E-state index in [-0.39, 0.29) is 5.41 Å². The Hall–Kier alpha value is -1.18. The first-order valence-electron chi connectivity index (χ1n) is 7.51. The summed E-state index contributed by atoms with van der Waals surface area (Å²) in [6.45, 7) is 14.7. The molecule has 1 rings (SSSR count). The van der Waals surface area contributed by atoms with Gasteiger partial charge in [-0.25, -0.2) is 0 Å². The predicted octanol–water partition coefficient (Wildman–Crippen LogP) is 5.32. The molecule has 114 valence electrons. The summed E-state index contributed by atoms with van der Waals surface area (Å²) in [4.78, 5) is 0. The highest BCUT2D eigenvalue weighted by molar-refractivity contribution is 5.32. The van der Waals surface area contributed by atoms with E-state index in [1.165, 1.54) is 6.42 Å². The van der Waals surface area contributed by atoms with Crippen LogP contribution in [0.3, 0.4) is 0 Å². The second kappa shape index (κ2) is 7.01. The van der Waals surface area contributed by atoms with Crippen molar-refractivity contribution in [3.05, 3.63) is 24.3 Å². The van der Waals surface area contributed by atoms with Gasteiger partial charge in [0.25, 0.3) is 0 Å². The second-order valence-electron chi connectivity index (χ2n) is 7.84. The standard InChI is InChI=1S/C18H30O2/c1-17(2,3)11-8-12-19-15-9-7-10-16(13-15)20-14-18(4,5)6/h7,9-10,13H,8,11-12,14H2,1-6H3. The smallest absolute Gasteiger partial charge is 0.123 e. The zero-order valence-electron chi connectivity index (χ0n) is 14.0. The van der Waals surface area contributed by atoms with Crippen LogP contribution in [0.25, 0.3) is 0 Å².